The first-order valence-corrected chi connectivity index (χ1v) is 9.44. The predicted octanol–water partition coefficient (Wildman–Crippen LogP) is 3.25. The molecule has 0 aliphatic rings. The number of hydrogen-bond acceptors (Lipinski definition) is 5. The molecular formula is C19H20FN5OS. The molecule has 2 aromatic carbocycles. The zero-order valence-corrected chi connectivity index (χ0v) is 15.9. The smallest absolute Gasteiger partial charge is 0.237 e. The van der Waals surface area contributed by atoms with E-state index in [0.717, 1.165) is 11.3 Å². The van der Waals surface area contributed by atoms with Crippen LogP contribution in [0.2, 0.25) is 0 Å². The number of benzene rings is 2. The molecule has 6 nitrogen and oxygen atoms in total. The average molecular weight is 385 g/mol. The van der Waals surface area contributed by atoms with Crippen molar-refractivity contribution in [3.63, 3.8) is 0 Å². The summed E-state index contributed by atoms with van der Waals surface area (Å²) in [5.41, 5.74) is 2.48. The molecule has 2 N–H and O–H groups in total. The Morgan fingerprint density at radius 1 is 1.22 bits per heavy atom. The Morgan fingerprint density at radius 2 is 2.00 bits per heavy atom. The van der Waals surface area contributed by atoms with Gasteiger partial charge in [0, 0.05) is 17.8 Å². The minimum absolute atomic E-state index is 0.0524. The van der Waals surface area contributed by atoms with Gasteiger partial charge in [0.05, 0.1) is 5.75 Å². The molecule has 8 heteroatoms. The van der Waals surface area contributed by atoms with E-state index in [1.54, 1.807) is 17.0 Å². The normalized spacial score (nSPS) is 10.8. The Bertz CT molecular complexity index is 959. The first-order chi connectivity index (χ1) is 13.0. The number of thioether (sulfide) groups is 1. The monoisotopic (exact) mass is 385 g/mol. The second kappa shape index (κ2) is 8.22. The minimum Gasteiger partial charge on any atom is -0.335 e. The first-order valence-electron chi connectivity index (χ1n) is 8.46. The number of hydrogen-bond donors (Lipinski definition) is 1. The Kier molecular flexibility index (Phi) is 5.75. The maximum absolute atomic E-state index is 13.4. The Morgan fingerprint density at radius 3 is 2.70 bits per heavy atom. The minimum atomic E-state index is -0.378. The van der Waals surface area contributed by atoms with E-state index in [0.29, 0.717) is 23.1 Å². The van der Waals surface area contributed by atoms with Gasteiger partial charge in [-0.2, -0.15) is 0 Å². The van der Waals surface area contributed by atoms with Gasteiger partial charge in [-0.15, -0.1) is 10.2 Å². The molecule has 0 radical (unpaired) electrons. The SMILES string of the molecule is CCN(C(=O)CSc1nnc(-c2cccc(F)c2)n1N)c1cccc(C)c1. The van der Waals surface area contributed by atoms with E-state index in [1.165, 1.54) is 28.6 Å². The molecule has 0 spiro atoms. The molecule has 3 aromatic rings. The van der Waals surface area contributed by atoms with E-state index in [1.807, 2.05) is 38.1 Å². The lowest BCUT2D eigenvalue weighted by Gasteiger charge is -2.21. The molecule has 3 rings (SSSR count). The van der Waals surface area contributed by atoms with Crippen molar-refractivity contribution in [3.05, 3.63) is 59.9 Å². The zero-order chi connectivity index (χ0) is 19.4. The lowest BCUT2D eigenvalue weighted by molar-refractivity contribution is -0.116. The highest BCUT2D eigenvalue weighted by Gasteiger charge is 2.18. The molecular weight excluding hydrogens is 365 g/mol. The van der Waals surface area contributed by atoms with Gasteiger partial charge < -0.3 is 10.7 Å². The van der Waals surface area contributed by atoms with Gasteiger partial charge in [-0.1, -0.05) is 36.0 Å². The van der Waals surface area contributed by atoms with Crippen molar-refractivity contribution in [3.8, 4) is 11.4 Å². The van der Waals surface area contributed by atoms with Crippen molar-refractivity contribution in [2.45, 2.75) is 19.0 Å². The summed E-state index contributed by atoms with van der Waals surface area (Å²) in [6, 6.07) is 13.8. The number of nitrogens with two attached hydrogens (primary N) is 1. The lowest BCUT2D eigenvalue weighted by Crippen LogP contribution is -2.32. The molecule has 1 aromatic heterocycles. The fraction of sp³-hybridized carbons (Fsp3) is 0.211. The fourth-order valence-corrected chi connectivity index (χ4v) is 3.44. The Hall–Kier alpha value is -2.87. The van der Waals surface area contributed by atoms with E-state index in [9.17, 15) is 9.18 Å². The van der Waals surface area contributed by atoms with Gasteiger partial charge >= 0.3 is 0 Å². The summed E-state index contributed by atoms with van der Waals surface area (Å²) in [5.74, 6) is 6.11. The number of halogens is 1. The summed E-state index contributed by atoms with van der Waals surface area (Å²) in [6.07, 6.45) is 0. The van der Waals surface area contributed by atoms with E-state index in [-0.39, 0.29) is 17.5 Å². The Labute approximate surface area is 161 Å². The molecule has 0 saturated heterocycles. The molecule has 0 bridgehead atoms. The number of carbonyl (C=O) groups excluding carboxylic acids is 1. The number of aromatic nitrogens is 3. The molecule has 1 amide bonds. The quantitative estimate of drug-likeness (QED) is 0.521. The Balaban J connectivity index is 1.72. The van der Waals surface area contributed by atoms with Crippen LogP contribution < -0.4 is 10.7 Å². The highest BCUT2D eigenvalue weighted by Crippen LogP contribution is 2.23. The van der Waals surface area contributed by atoms with Crippen LogP contribution in [0.4, 0.5) is 10.1 Å². The largest absolute Gasteiger partial charge is 0.335 e. The summed E-state index contributed by atoms with van der Waals surface area (Å²) in [4.78, 5) is 14.4. The van der Waals surface area contributed by atoms with E-state index < -0.39 is 0 Å². The lowest BCUT2D eigenvalue weighted by atomic mass is 10.2. The molecule has 0 aliphatic heterocycles. The summed E-state index contributed by atoms with van der Waals surface area (Å²) >= 11 is 1.20. The van der Waals surface area contributed by atoms with Crippen molar-refractivity contribution in [2.24, 2.45) is 0 Å². The highest BCUT2D eigenvalue weighted by molar-refractivity contribution is 7.99. The van der Waals surface area contributed by atoms with Gasteiger partial charge in [0.15, 0.2) is 5.82 Å². The van der Waals surface area contributed by atoms with Crippen LogP contribution in [0.25, 0.3) is 11.4 Å². The van der Waals surface area contributed by atoms with Crippen LogP contribution in [0.1, 0.15) is 12.5 Å². The summed E-state index contributed by atoms with van der Waals surface area (Å²) in [5, 5.41) is 8.43. The summed E-state index contributed by atoms with van der Waals surface area (Å²) < 4.78 is 14.7. The first kappa shape index (κ1) is 18.9. The standard InChI is InChI=1S/C19H20FN5OS/c1-3-24(16-9-4-6-13(2)10-16)17(26)12-27-19-23-22-18(25(19)21)14-7-5-8-15(20)11-14/h4-11H,3,12,21H2,1-2H3. The number of anilines is 1. The number of aryl methyl sites for hydroxylation is 1. The van der Waals surface area contributed by atoms with E-state index in [4.69, 9.17) is 5.84 Å². The number of amides is 1. The van der Waals surface area contributed by atoms with Crippen LogP contribution in [-0.2, 0) is 4.79 Å². The third kappa shape index (κ3) is 4.28. The van der Waals surface area contributed by atoms with Crippen LogP contribution >= 0.6 is 11.8 Å². The maximum atomic E-state index is 13.4. The van der Waals surface area contributed by atoms with Crippen LogP contribution in [0.15, 0.2) is 53.7 Å². The molecule has 0 atom stereocenters. The maximum Gasteiger partial charge on any atom is 0.237 e. The number of nitrogens with zero attached hydrogens (tertiary/aromatic N) is 4. The van der Waals surface area contributed by atoms with Crippen LogP contribution in [0.3, 0.4) is 0 Å². The molecule has 0 fully saturated rings. The van der Waals surface area contributed by atoms with Crippen molar-refractivity contribution in [1.82, 2.24) is 14.9 Å². The molecule has 0 unspecified atom stereocenters. The van der Waals surface area contributed by atoms with Gasteiger partial charge in [0.1, 0.15) is 5.82 Å². The van der Waals surface area contributed by atoms with Gasteiger partial charge in [-0.25, -0.2) is 9.07 Å². The van der Waals surface area contributed by atoms with Gasteiger partial charge in [-0.05, 0) is 43.7 Å². The molecule has 0 saturated carbocycles. The van der Waals surface area contributed by atoms with Crippen molar-refractivity contribution < 1.29 is 9.18 Å². The second-order valence-corrected chi connectivity index (χ2v) is 6.89. The number of nitrogen functional groups attached to an aromatic ring is 1. The fourth-order valence-electron chi connectivity index (χ4n) is 2.70. The number of rotatable bonds is 6. The van der Waals surface area contributed by atoms with Crippen molar-refractivity contribution >= 4 is 23.4 Å². The third-order valence-corrected chi connectivity index (χ3v) is 4.93. The highest BCUT2D eigenvalue weighted by atomic mass is 32.2. The van der Waals surface area contributed by atoms with Crippen LogP contribution in [0.5, 0.6) is 0 Å². The summed E-state index contributed by atoms with van der Waals surface area (Å²) in [6.45, 7) is 4.48. The average Bonchev–Trinajstić information content (AvgIpc) is 3.01. The van der Waals surface area contributed by atoms with E-state index >= 15 is 0 Å². The van der Waals surface area contributed by atoms with Gasteiger partial charge in [-0.3, -0.25) is 4.79 Å². The van der Waals surface area contributed by atoms with Gasteiger partial charge in [0.25, 0.3) is 0 Å². The molecule has 27 heavy (non-hydrogen) atoms. The van der Waals surface area contributed by atoms with Crippen LogP contribution in [0, 0.1) is 12.7 Å². The van der Waals surface area contributed by atoms with Crippen molar-refractivity contribution in [1.29, 1.82) is 0 Å². The second-order valence-electron chi connectivity index (χ2n) is 5.95. The zero-order valence-electron chi connectivity index (χ0n) is 15.1. The topological polar surface area (TPSA) is 77.0 Å². The van der Waals surface area contributed by atoms with Crippen LogP contribution in [-0.4, -0.2) is 33.1 Å². The molecule has 140 valence electrons. The third-order valence-electron chi connectivity index (χ3n) is 4.00. The predicted molar refractivity (Wildman–Crippen MR) is 105 cm³/mol. The van der Waals surface area contributed by atoms with Gasteiger partial charge in [0.2, 0.25) is 11.1 Å². The summed E-state index contributed by atoms with van der Waals surface area (Å²) in [7, 11) is 0. The van der Waals surface area contributed by atoms with E-state index in [2.05, 4.69) is 10.2 Å². The molecule has 0 aliphatic carbocycles. The number of carbonyl (C=O) groups is 1. The molecule has 1 heterocycles. The van der Waals surface area contributed by atoms with Crippen molar-refractivity contribution in [2.75, 3.05) is 23.0 Å².